The molecule has 1 heterocycles. The average Bonchev–Trinajstić information content (AvgIpc) is 2.27. The third kappa shape index (κ3) is 4.09. The quantitative estimate of drug-likeness (QED) is 0.868. The number of H-pyrrole nitrogens is 1. The maximum atomic E-state index is 12.3. The SMILES string of the molecule is COCC(C)NC(=O)c1ccc(C(F)(F)F)[nH]c1=O. The fraction of sp³-hybridized carbons (Fsp3) is 0.455. The molecule has 1 atom stereocenters. The van der Waals surface area contributed by atoms with Crippen molar-refractivity contribution in [3.05, 3.63) is 33.7 Å². The standard InChI is InChI=1S/C11H13F3N2O3/c1-6(5-19-2)15-9(17)7-3-4-8(11(12,13)14)16-10(7)18/h3-4,6H,5H2,1-2H3,(H,15,17)(H,16,18). The van der Waals surface area contributed by atoms with Gasteiger partial charge in [-0.15, -0.1) is 0 Å². The summed E-state index contributed by atoms with van der Waals surface area (Å²) in [5, 5.41) is 2.43. The largest absolute Gasteiger partial charge is 0.431 e. The van der Waals surface area contributed by atoms with E-state index in [0.717, 1.165) is 6.07 Å². The third-order valence-electron chi connectivity index (χ3n) is 2.25. The van der Waals surface area contributed by atoms with Crippen LogP contribution in [0, 0.1) is 0 Å². The van der Waals surface area contributed by atoms with E-state index in [0.29, 0.717) is 6.07 Å². The van der Waals surface area contributed by atoms with Gasteiger partial charge in [-0.25, -0.2) is 0 Å². The molecule has 1 unspecified atom stereocenters. The predicted octanol–water partition coefficient (Wildman–Crippen LogP) is 1.16. The molecule has 1 aromatic rings. The van der Waals surface area contributed by atoms with Crippen LogP contribution in [-0.4, -0.2) is 30.6 Å². The number of amides is 1. The van der Waals surface area contributed by atoms with Crippen LogP contribution >= 0.6 is 0 Å². The molecule has 0 aliphatic rings. The fourth-order valence-corrected chi connectivity index (χ4v) is 1.41. The van der Waals surface area contributed by atoms with Crippen LogP contribution in [0.15, 0.2) is 16.9 Å². The van der Waals surface area contributed by atoms with Gasteiger partial charge in [-0.3, -0.25) is 9.59 Å². The predicted molar refractivity (Wildman–Crippen MR) is 60.9 cm³/mol. The minimum Gasteiger partial charge on any atom is -0.383 e. The Labute approximate surface area is 106 Å². The number of aromatic amines is 1. The van der Waals surface area contributed by atoms with E-state index < -0.39 is 23.3 Å². The number of alkyl halides is 3. The Morgan fingerprint density at radius 1 is 1.47 bits per heavy atom. The van der Waals surface area contributed by atoms with Crippen LogP contribution in [-0.2, 0) is 10.9 Å². The van der Waals surface area contributed by atoms with Crippen molar-refractivity contribution < 1.29 is 22.7 Å². The first-order valence-electron chi connectivity index (χ1n) is 5.36. The fourth-order valence-electron chi connectivity index (χ4n) is 1.41. The van der Waals surface area contributed by atoms with Gasteiger partial charge < -0.3 is 15.0 Å². The summed E-state index contributed by atoms with van der Waals surface area (Å²) in [5.74, 6) is -0.750. The van der Waals surface area contributed by atoms with Crippen LogP contribution in [0.2, 0.25) is 0 Å². The van der Waals surface area contributed by atoms with Crippen molar-refractivity contribution in [2.24, 2.45) is 0 Å². The molecule has 1 rings (SSSR count). The van der Waals surface area contributed by atoms with Crippen LogP contribution in [0.3, 0.4) is 0 Å². The first kappa shape index (κ1) is 15.2. The lowest BCUT2D eigenvalue weighted by Crippen LogP contribution is -2.38. The van der Waals surface area contributed by atoms with Crippen LogP contribution < -0.4 is 10.9 Å². The zero-order chi connectivity index (χ0) is 14.6. The van der Waals surface area contributed by atoms with Crippen LogP contribution in [0.25, 0.3) is 0 Å². The summed E-state index contributed by atoms with van der Waals surface area (Å²) in [6.45, 7) is 1.87. The minimum absolute atomic E-state index is 0.226. The summed E-state index contributed by atoms with van der Waals surface area (Å²) < 4.78 is 41.8. The molecule has 2 N–H and O–H groups in total. The van der Waals surface area contributed by atoms with E-state index >= 15 is 0 Å². The molecule has 8 heteroatoms. The molecule has 0 saturated heterocycles. The second-order valence-electron chi connectivity index (χ2n) is 3.94. The first-order chi connectivity index (χ1) is 8.75. The Morgan fingerprint density at radius 2 is 2.11 bits per heavy atom. The lowest BCUT2D eigenvalue weighted by Gasteiger charge is -2.12. The molecule has 0 aromatic carbocycles. The molecular formula is C11H13F3N2O3. The van der Waals surface area contributed by atoms with Crippen LogP contribution in [0.1, 0.15) is 23.0 Å². The molecule has 5 nitrogen and oxygen atoms in total. The summed E-state index contributed by atoms with van der Waals surface area (Å²) in [7, 11) is 1.44. The number of halogens is 3. The number of rotatable bonds is 4. The highest BCUT2D eigenvalue weighted by Gasteiger charge is 2.32. The maximum absolute atomic E-state index is 12.3. The third-order valence-corrected chi connectivity index (χ3v) is 2.25. The van der Waals surface area contributed by atoms with E-state index in [2.05, 4.69) is 5.32 Å². The summed E-state index contributed by atoms with van der Waals surface area (Å²) in [4.78, 5) is 24.7. The number of nitrogens with one attached hydrogen (secondary N) is 2. The van der Waals surface area contributed by atoms with Crippen molar-refractivity contribution in [3.63, 3.8) is 0 Å². The van der Waals surface area contributed by atoms with E-state index in [-0.39, 0.29) is 18.2 Å². The maximum Gasteiger partial charge on any atom is 0.431 e. The highest BCUT2D eigenvalue weighted by atomic mass is 19.4. The lowest BCUT2D eigenvalue weighted by atomic mass is 10.2. The molecule has 106 valence electrons. The Bertz CT molecular complexity index is 511. The number of methoxy groups -OCH3 is 1. The molecule has 1 aromatic heterocycles. The van der Waals surface area contributed by atoms with Gasteiger partial charge in [0.1, 0.15) is 11.3 Å². The van der Waals surface area contributed by atoms with Gasteiger partial charge in [-0.1, -0.05) is 0 Å². The van der Waals surface area contributed by atoms with Crippen molar-refractivity contribution in [2.75, 3.05) is 13.7 Å². The van der Waals surface area contributed by atoms with Gasteiger partial charge in [-0.2, -0.15) is 13.2 Å². The van der Waals surface area contributed by atoms with Gasteiger partial charge in [-0.05, 0) is 19.1 Å². The minimum atomic E-state index is -4.66. The topological polar surface area (TPSA) is 71.2 Å². The second-order valence-corrected chi connectivity index (χ2v) is 3.94. The van der Waals surface area contributed by atoms with Gasteiger partial charge in [0.2, 0.25) is 0 Å². The zero-order valence-corrected chi connectivity index (χ0v) is 10.3. The molecular weight excluding hydrogens is 265 g/mol. The number of pyridine rings is 1. The number of hydrogen-bond acceptors (Lipinski definition) is 3. The Balaban J connectivity index is 2.91. The van der Waals surface area contributed by atoms with E-state index in [4.69, 9.17) is 4.74 Å². The highest BCUT2D eigenvalue weighted by Crippen LogP contribution is 2.26. The highest BCUT2D eigenvalue weighted by molar-refractivity contribution is 5.93. The van der Waals surface area contributed by atoms with Crippen molar-refractivity contribution in [1.29, 1.82) is 0 Å². The van der Waals surface area contributed by atoms with Gasteiger partial charge in [0.05, 0.1) is 6.61 Å². The zero-order valence-electron chi connectivity index (χ0n) is 10.3. The van der Waals surface area contributed by atoms with E-state index in [1.165, 1.54) is 7.11 Å². The molecule has 0 aliphatic heterocycles. The van der Waals surface area contributed by atoms with Crippen LogP contribution in [0.5, 0.6) is 0 Å². The Morgan fingerprint density at radius 3 is 2.58 bits per heavy atom. The van der Waals surface area contributed by atoms with E-state index in [9.17, 15) is 22.8 Å². The van der Waals surface area contributed by atoms with Crippen LogP contribution in [0.4, 0.5) is 13.2 Å². The smallest absolute Gasteiger partial charge is 0.383 e. The summed E-state index contributed by atoms with van der Waals surface area (Å²) >= 11 is 0. The first-order valence-corrected chi connectivity index (χ1v) is 5.36. The second kappa shape index (κ2) is 5.87. The van der Waals surface area contributed by atoms with Gasteiger partial charge in [0.25, 0.3) is 11.5 Å². The summed E-state index contributed by atoms with van der Waals surface area (Å²) in [6.07, 6.45) is -4.66. The van der Waals surface area contributed by atoms with Gasteiger partial charge >= 0.3 is 6.18 Å². The number of hydrogen-bond donors (Lipinski definition) is 2. The molecule has 0 bridgehead atoms. The molecule has 0 aliphatic carbocycles. The Kier molecular flexibility index (Phi) is 4.71. The average molecular weight is 278 g/mol. The molecule has 1 amide bonds. The lowest BCUT2D eigenvalue weighted by molar-refractivity contribution is -0.141. The molecule has 0 radical (unpaired) electrons. The van der Waals surface area contributed by atoms with Gasteiger partial charge in [0.15, 0.2) is 0 Å². The normalized spacial score (nSPS) is 13.1. The van der Waals surface area contributed by atoms with Crippen molar-refractivity contribution in [1.82, 2.24) is 10.3 Å². The molecule has 0 saturated carbocycles. The monoisotopic (exact) mass is 278 g/mol. The number of carbonyl (C=O) groups excluding carboxylic acids is 1. The number of aromatic nitrogens is 1. The van der Waals surface area contributed by atoms with E-state index in [1.807, 2.05) is 0 Å². The van der Waals surface area contributed by atoms with Crippen molar-refractivity contribution in [3.8, 4) is 0 Å². The summed E-state index contributed by atoms with van der Waals surface area (Å²) in [6, 6.07) is 1.13. The molecule has 19 heavy (non-hydrogen) atoms. The number of carbonyl (C=O) groups is 1. The molecule has 0 spiro atoms. The van der Waals surface area contributed by atoms with E-state index in [1.54, 1.807) is 11.9 Å². The number of ether oxygens (including phenoxy) is 1. The molecule has 0 fully saturated rings. The van der Waals surface area contributed by atoms with Crippen molar-refractivity contribution >= 4 is 5.91 Å². The Hall–Kier alpha value is -1.83. The van der Waals surface area contributed by atoms with Crippen molar-refractivity contribution in [2.45, 2.75) is 19.1 Å². The van der Waals surface area contributed by atoms with Gasteiger partial charge in [0, 0.05) is 13.2 Å². The summed E-state index contributed by atoms with van der Waals surface area (Å²) in [5.41, 5.74) is -2.66.